The van der Waals surface area contributed by atoms with Gasteiger partial charge in [-0.1, -0.05) is 13.8 Å². The third-order valence-corrected chi connectivity index (χ3v) is 5.30. The van der Waals surface area contributed by atoms with E-state index in [4.69, 9.17) is 9.47 Å². The summed E-state index contributed by atoms with van der Waals surface area (Å²) in [5.74, 6) is -2.70. The van der Waals surface area contributed by atoms with Crippen LogP contribution in [0.1, 0.15) is 33.3 Å². The van der Waals surface area contributed by atoms with Crippen molar-refractivity contribution in [2.45, 2.75) is 37.8 Å². The summed E-state index contributed by atoms with van der Waals surface area (Å²) in [5.41, 5.74) is 0.402. The number of carbonyl (C=O) groups excluding carboxylic acids is 1. The second-order valence-electron chi connectivity index (χ2n) is 6.28. The van der Waals surface area contributed by atoms with E-state index in [0.717, 1.165) is 12.1 Å². The molecule has 0 aromatic heterocycles. The molecule has 0 saturated carbocycles. The Morgan fingerprint density at radius 1 is 1.14 bits per heavy atom. The molecule has 0 bridgehead atoms. The Balaban J connectivity index is 2.22. The van der Waals surface area contributed by atoms with Crippen LogP contribution in [-0.4, -0.2) is 22.0 Å². The van der Waals surface area contributed by atoms with E-state index in [1.54, 1.807) is 19.1 Å². The minimum absolute atomic E-state index is 0.0414. The molecule has 0 aliphatic carbocycles. The first-order valence-electron chi connectivity index (χ1n) is 8.75. The van der Waals surface area contributed by atoms with Gasteiger partial charge in [0.2, 0.25) is 0 Å². The smallest absolute Gasteiger partial charge is 0.333 e. The first-order chi connectivity index (χ1) is 13.2. The Kier molecular flexibility index (Phi) is 7.45. The van der Waals surface area contributed by atoms with E-state index in [9.17, 15) is 17.8 Å². The maximum atomic E-state index is 14.4. The van der Waals surface area contributed by atoms with Gasteiger partial charge in [0.15, 0.2) is 17.4 Å². The lowest BCUT2D eigenvalue weighted by Crippen LogP contribution is -2.05. The number of benzene rings is 2. The highest BCUT2D eigenvalue weighted by Gasteiger charge is 2.15. The lowest BCUT2D eigenvalue weighted by Gasteiger charge is -2.10. The van der Waals surface area contributed by atoms with E-state index in [0.29, 0.717) is 4.90 Å². The SMILES string of the molecule is CCOC(=O)/C(C)=C/c1cc(F)c(Oc2ccc(S(=O)C(C)C)cc2)c(F)c1. The summed E-state index contributed by atoms with van der Waals surface area (Å²) in [4.78, 5) is 12.2. The van der Waals surface area contributed by atoms with Gasteiger partial charge in [0.25, 0.3) is 0 Å². The monoisotopic (exact) mass is 408 g/mol. The minimum atomic E-state index is -1.16. The van der Waals surface area contributed by atoms with Gasteiger partial charge < -0.3 is 9.47 Å². The topological polar surface area (TPSA) is 52.6 Å². The highest BCUT2D eigenvalue weighted by atomic mass is 32.2. The molecule has 0 amide bonds. The number of rotatable bonds is 7. The van der Waals surface area contributed by atoms with E-state index in [1.165, 1.54) is 25.1 Å². The van der Waals surface area contributed by atoms with Gasteiger partial charge in [0, 0.05) is 15.7 Å². The van der Waals surface area contributed by atoms with Crippen molar-refractivity contribution in [2.75, 3.05) is 6.61 Å². The Labute approximate surface area is 165 Å². The van der Waals surface area contributed by atoms with Gasteiger partial charge >= 0.3 is 5.97 Å². The zero-order valence-electron chi connectivity index (χ0n) is 16.1. The van der Waals surface area contributed by atoms with Crippen molar-refractivity contribution in [3.63, 3.8) is 0 Å². The number of esters is 1. The van der Waals surface area contributed by atoms with Crippen molar-refractivity contribution in [1.82, 2.24) is 0 Å². The number of ether oxygens (including phenoxy) is 2. The first kappa shape index (κ1) is 21.8. The van der Waals surface area contributed by atoms with Crippen LogP contribution in [-0.2, 0) is 20.3 Å². The molecule has 1 atom stereocenters. The highest BCUT2D eigenvalue weighted by molar-refractivity contribution is 7.85. The van der Waals surface area contributed by atoms with Crippen molar-refractivity contribution in [2.24, 2.45) is 0 Å². The van der Waals surface area contributed by atoms with Crippen LogP contribution in [0.15, 0.2) is 46.9 Å². The Hall–Kier alpha value is -2.54. The van der Waals surface area contributed by atoms with Crippen LogP contribution in [0, 0.1) is 11.6 Å². The van der Waals surface area contributed by atoms with Crippen molar-refractivity contribution in [3.8, 4) is 11.5 Å². The van der Waals surface area contributed by atoms with Gasteiger partial charge in [-0.3, -0.25) is 4.21 Å². The molecule has 4 nitrogen and oxygen atoms in total. The molecular formula is C21H22F2O4S. The van der Waals surface area contributed by atoms with Crippen molar-refractivity contribution >= 4 is 22.8 Å². The maximum absolute atomic E-state index is 14.4. The van der Waals surface area contributed by atoms with Crippen LogP contribution in [0.25, 0.3) is 6.08 Å². The van der Waals surface area contributed by atoms with E-state index in [-0.39, 0.29) is 28.7 Å². The van der Waals surface area contributed by atoms with Gasteiger partial charge in [-0.15, -0.1) is 0 Å². The Morgan fingerprint density at radius 3 is 2.21 bits per heavy atom. The summed E-state index contributed by atoms with van der Waals surface area (Å²) < 4.78 is 50.9. The van der Waals surface area contributed by atoms with E-state index < -0.39 is 34.2 Å². The molecule has 0 aliphatic rings. The van der Waals surface area contributed by atoms with Gasteiger partial charge in [0.1, 0.15) is 5.75 Å². The standard InChI is InChI=1S/C21H22F2O4S/c1-5-26-21(24)14(4)10-15-11-18(22)20(19(23)12-15)27-16-6-8-17(9-7-16)28(25)13(2)3/h6-13H,5H2,1-4H3/b14-10+. The molecule has 0 N–H and O–H groups in total. The predicted octanol–water partition coefficient (Wildman–Crippen LogP) is 5.24. The molecule has 28 heavy (non-hydrogen) atoms. The summed E-state index contributed by atoms with van der Waals surface area (Å²) >= 11 is 0. The molecule has 0 aliphatic heterocycles. The third kappa shape index (κ3) is 5.48. The summed E-state index contributed by atoms with van der Waals surface area (Å²) in [7, 11) is -1.16. The van der Waals surface area contributed by atoms with Crippen molar-refractivity contribution in [1.29, 1.82) is 0 Å². The molecule has 0 saturated heterocycles. The molecule has 0 heterocycles. The predicted molar refractivity (Wildman–Crippen MR) is 105 cm³/mol. The number of halogens is 2. The quantitative estimate of drug-likeness (QED) is 0.464. The Bertz CT molecular complexity index is 882. The molecule has 2 aromatic carbocycles. The lowest BCUT2D eigenvalue weighted by atomic mass is 10.1. The molecule has 0 fully saturated rings. The van der Waals surface area contributed by atoms with E-state index in [1.807, 2.05) is 13.8 Å². The number of hydrogen-bond donors (Lipinski definition) is 0. The molecule has 2 aromatic rings. The number of hydrogen-bond acceptors (Lipinski definition) is 4. The largest absolute Gasteiger partial charge is 0.463 e. The zero-order chi connectivity index (χ0) is 20.8. The number of carbonyl (C=O) groups is 1. The molecule has 0 radical (unpaired) electrons. The fourth-order valence-electron chi connectivity index (χ4n) is 2.35. The highest BCUT2D eigenvalue weighted by Crippen LogP contribution is 2.30. The fraction of sp³-hybridized carbons (Fsp3) is 0.286. The maximum Gasteiger partial charge on any atom is 0.333 e. The van der Waals surface area contributed by atoms with Crippen molar-refractivity contribution in [3.05, 3.63) is 59.2 Å². The van der Waals surface area contributed by atoms with Crippen LogP contribution in [0.2, 0.25) is 0 Å². The summed E-state index contributed by atoms with van der Waals surface area (Å²) in [6, 6.07) is 8.36. The normalized spacial score (nSPS) is 12.8. The average molecular weight is 408 g/mol. The Morgan fingerprint density at radius 2 is 1.71 bits per heavy atom. The second kappa shape index (κ2) is 9.59. The summed E-state index contributed by atoms with van der Waals surface area (Å²) in [5, 5.41) is -0.0414. The minimum Gasteiger partial charge on any atom is -0.463 e. The van der Waals surface area contributed by atoms with Crippen LogP contribution < -0.4 is 4.74 Å². The third-order valence-electron chi connectivity index (χ3n) is 3.71. The molecule has 2 rings (SSSR count). The average Bonchev–Trinajstić information content (AvgIpc) is 2.64. The van der Waals surface area contributed by atoms with Gasteiger partial charge in [-0.2, -0.15) is 0 Å². The first-order valence-corrected chi connectivity index (χ1v) is 9.97. The van der Waals surface area contributed by atoms with E-state index >= 15 is 0 Å². The second-order valence-corrected chi connectivity index (χ2v) is 8.29. The molecule has 7 heteroatoms. The van der Waals surface area contributed by atoms with Crippen LogP contribution in [0.5, 0.6) is 11.5 Å². The van der Waals surface area contributed by atoms with Gasteiger partial charge in [-0.25, -0.2) is 13.6 Å². The molecule has 150 valence electrons. The van der Waals surface area contributed by atoms with Gasteiger partial charge in [-0.05, 0) is 61.9 Å². The van der Waals surface area contributed by atoms with Gasteiger partial charge in [0.05, 0.1) is 17.4 Å². The van der Waals surface area contributed by atoms with Crippen LogP contribution in [0.4, 0.5) is 8.78 Å². The molecule has 1 unspecified atom stereocenters. The van der Waals surface area contributed by atoms with Crippen molar-refractivity contribution < 1.29 is 27.3 Å². The van der Waals surface area contributed by atoms with E-state index in [2.05, 4.69) is 0 Å². The summed E-state index contributed by atoms with van der Waals surface area (Å²) in [6.07, 6.45) is 1.34. The summed E-state index contributed by atoms with van der Waals surface area (Å²) in [6.45, 7) is 7.06. The molecular weight excluding hydrogens is 386 g/mol. The molecule has 0 spiro atoms. The fourth-order valence-corrected chi connectivity index (χ4v) is 3.29. The zero-order valence-corrected chi connectivity index (χ0v) is 16.9. The van der Waals surface area contributed by atoms with Crippen LogP contribution >= 0.6 is 0 Å². The van der Waals surface area contributed by atoms with Crippen LogP contribution in [0.3, 0.4) is 0 Å². The lowest BCUT2D eigenvalue weighted by molar-refractivity contribution is -0.138.